The number of nitrogens with zero attached hydrogens (tertiary/aromatic N) is 1. The number of ether oxygens (including phenoxy) is 2. The Morgan fingerprint density at radius 3 is 2.45 bits per heavy atom. The monoisotopic (exact) mass is 287 g/mol. The van der Waals surface area contributed by atoms with E-state index in [2.05, 4.69) is 36.4 Å². The lowest BCUT2D eigenvalue weighted by atomic mass is 10.1. The largest absolute Gasteiger partial charge is 0.380 e. The maximum absolute atomic E-state index is 5.57. The van der Waals surface area contributed by atoms with Gasteiger partial charge in [0.1, 0.15) is 0 Å². The molecule has 120 valence electrons. The standard InChI is InChI=1S/C15H33N3O2/c1-7-16-14(18-12-15(4,5)19-6)17-9-11-20-10-8-13(2)3/h13H,7-12H2,1-6H3,(H2,16,17,18). The van der Waals surface area contributed by atoms with E-state index in [1.807, 2.05) is 13.8 Å². The lowest BCUT2D eigenvalue weighted by Gasteiger charge is -2.21. The summed E-state index contributed by atoms with van der Waals surface area (Å²) in [5.74, 6) is 1.50. The van der Waals surface area contributed by atoms with Crippen LogP contribution >= 0.6 is 0 Å². The topological polar surface area (TPSA) is 54.9 Å². The number of rotatable bonds is 10. The van der Waals surface area contributed by atoms with Crippen LogP contribution in [0.3, 0.4) is 0 Å². The molecule has 0 rings (SSSR count). The van der Waals surface area contributed by atoms with Gasteiger partial charge < -0.3 is 20.1 Å². The zero-order valence-electron chi connectivity index (χ0n) is 14.1. The highest BCUT2D eigenvalue weighted by atomic mass is 16.5. The van der Waals surface area contributed by atoms with Crippen molar-refractivity contribution in [2.24, 2.45) is 10.9 Å². The molecule has 0 unspecified atom stereocenters. The molecule has 0 aromatic rings. The normalized spacial score (nSPS) is 12.8. The Balaban J connectivity index is 3.93. The SMILES string of the molecule is CCNC(=NCC(C)(C)OC)NCCOCCC(C)C. The lowest BCUT2D eigenvalue weighted by molar-refractivity contribution is 0.0310. The zero-order chi connectivity index (χ0) is 15.4. The van der Waals surface area contributed by atoms with Gasteiger partial charge in [-0.2, -0.15) is 0 Å². The fourth-order valence-electron chi connectivity index (χ4n) is 1.34. The van der Waals surface area contributed by atoms with Crippen molar-refractivity contribution < 1.29 is 9.47 Å². The summed E-state index contributed by atoms with van der Waals surface area (Å²) in [7, 11) is 1.71. The van der Waals surface area contributed by atoms with Crippen molar-refractivity contribution in [3.63, 3.8) is 0 Å². The number of hydrogen-bond acceptors (Lipinski definition) is 3. The van der Waals surface area contributed by atoms with Crippen molar-refractivity contribution in [3.8, 4) is 0 Å². The summed E-state index contributed by atoms with van der Waals surface area (Å²) in [5, 5.41) is 6.48. The van der Waals surface area contributed by atoms with Crippen LogP contribution in [0.15, 0.2) is 4.99 Å². The van der Waals surface area contributed by atoms with Crippen molar-refractivity contribution in [1.29, 1.82) is 0 Å². The third-order valence-electron chi connectivity index (χ3n) is 2.89. The Kier molecular flexibility index (Phi) is 10.5. The Morgan fingerprint density at radius 1 is 1.20 bits per heavy atom. The average Bonchev–Trinajstić information content (AvgIpc) is 2.39. The van der Waals surface area contributed by atoms with Crippen LogP contribution < -0.4 is 10.6 Å². The molecule has 0 saturated heterocycles. The first kappa shape index (κ1) is 19.2. The third kappa shape index (κ3) is 11.1. The van der Waals surface area contributed by atoms with Gasteiger partial charge >= 0.3 is 0 Å². The molecule has 5 heteroatoms. The van der Waals surface area contributed by atoms with Crippen LogP contribution in [-0.4, -0.2) is 51.5 Å². The molecular weight excluding hydrogens is 254 g/mol. The summed E-state index contributed by atoms with van der Waals surface area (Å²) in [4.78, 5) is 4.52. The third-order valence-corrected chi connectivity index (χ3v) is 2.89. The highest BCUT2D eigenvalue weighted by Gasteiger charge is 2.15. The van der Waals surface area contributed by atoms with E-state index in [9.17, 15) is 0 Å². The average molecular weight is 287 g/mol. The van der Waals surface area contributed by atoms with Gasteiger partial charge in [0.05, 0.1) is 18.8 Å². The summed E-state index contributed by atoms with van der Waals surface area (Å²) in [6.45, 7) is 14.2. The second-order valence-corrected chi connectivity index (χ2v) is 5.88. The quantitative estimate of drug-likeness (QED) is 0.367. The maximum Gasteiger partial charge on any atom is 0.191 e. The number of aliphatic imine (C=N–C) groups is 1. The Labute approximate surface area is 124 Å². The van der Waals surface area contributed by atoms with E-state index >= 15 is 0 Å². The minimum Gasteiger partial charge on any atom is -0.380 e. The number of nitrogens with one attached hydrogen (secondary N) is 2. The number of hydrogen-bond donors (Lipinski definition) is 2. The molecule has 0 atom stereocenters. The summed E-state index contributed by atoms with van der Waals surface area (Å²) in [6, 6.07) is 0. The molecular formula is C15H33N3O2. The summed E-state index contributed by atoms with van der Waals surface area (Å²) >= 11 is 0. The fourth-order valence-corrected chi connectivity index (χ4v) is 1.34. The Hall–Kier alpha value is -0.810. The molecule has 0 saturated carbocycles. The van der Waals surface area contributed by atoms with Crippen molar-refractivity contribution in [3.05, 3.63) is 0 Å². The molecule has 0 heterocycles. The lowest BCUT2D eigenvalue weighted by Crippen LogP contribution is -2.40. The maximum atomic E-state index is 5.57. The second kappa shape index (κ2) is 10.9. The van der Waals surface area contributed by atoms with E-state index in [0.717, 1.165) is 32.1 Å². The Bertz CT molecular complexity index is 266. The molecule has 0 aromatic heterocycles. The number of methoxy groups -OCH3 is 1. The van der Waals surface area contributed by atoms with Crippen molar-refractivity contribution >= 4 is 5.96 Å². The smallest absolute Gasteiger partial charge is 0.191 e. The van der Waals surface area contributed by atoms with Gasteiger partial charge in [-0.15, -0.1) is 0 Å². The van der Waals surface area contributed by atoms with Crippen LogP contribution in [0.5, 0.6) is 0 Å². The highest BCUT2D eigenvalue weighted by Crippen LogP contribution is 2.06. The zero-order valence-corrected chi connectivity index (χ0v) is 14.1. The second-order valence-electron chi connectivity index (χ2n) is 5.88. The van der Waals surface area contributed by atoms with Gasteiger partial charge in [-0.1, -0.05) is 13.8 Å². The van der Waals surface area contributed by atoms with Gasteiger partial charge in [-0.3, -0.25) is 4.99 Å². The van der Waals surface area contributed by atoms with Crippen molar-refractivity contribution in [1.82, 2.24) is 10.6 Å². The molecule has 2 N–H and O–H groups in total. The van der Waals surface area contributed by atoms with Gasteiger partial charge in [0.2, 0.25) is 0 Å². The van der Waals surface area contributed by atoms with Crippen LogP contribution in [0.1, 0.15) is 41.0 Å². The van der Waals surface area contributed by atoms with Crippen LogP contribution in [0, 0.1) is 5.92 Å². The molecule has 0 aliphatic carbocycles. The summed E-state index contributed by atoms with van der Waals surface area (Å²) in [5.41, 5.74) is -0.240. The van der Waals surface area contributed by atoms with Crippen LogP contribution in [0.4, 0.5) is 0 Å². The van der Waals surface area contributed by atoms with Gasteiger partial charge in [0, 0.05) is 26.8 Å². The molecule has 5 nitrogen and oxygen atoms in total. The minimum absolute atomic E-state index is 0.240. The van der Waals surface area contributed by atoms with E-state index in [1.165, 1.54) is 0 Å². The first-order chi connectivity index (χ1) is 9.41. The molecule has 0 aliphatic rings. The minimum atomic E-state index is -0.240. The molecule has 0 amide bonds. The molecule has 0 aromatic carbocycles. The molecule has 0 radical (unpaired) electrons. The van der Waals surface area contributed by atoms with Gasteiger partial charge in [0.25, 0.3) is 0 Å². The highest BCUT2D eigenvalue weighted by molar-refractivity contribution is 5.79. The van der Waals surface area contributed by atoms with E-state index in [4.69, 9.17) is 9.47 Å². The molecule has 0 spiro atoms. The van der Waals surface area contributed by atoms with Gasteiger partial charge in [0.15, 0.2) is 5.96 Å². The first-order valence-corrected chi connectivity index (χ1v) is 7.56. The van der Waals surface area contributed by atoms with Gasteiger partial charge in [-0.05, 0) is 33.1 Å². The number of guanidine groups is 1. The van der Waals surface area contributed by atoms with E-state index in [0.29, 0.717) is 19.1 Å². The van der Waals surface area contributed by atoms with E-state index in [1.54, 1.807) is 7.11 Å². The predicted octanol–water partition coefficient (Wildman–Crippen LogP) is 2.03. The molecule has 0 bridgehead atoms. The van der Waals surface area contributed by atoms with E-state index < -0.39 is 0 Å². The van der Waals surface area contributed by atoms with Gasteiger partial charge in [-0.25, -0.2) is 0 Å². The molecule has 0 fully saturated rings. The summed E-state index contributed by atoms with van der Waals surface area (Å²) < 4.78 is 10.9. The fraction of sp³-hybridized carbons (Fsp3) is 0.933. The van der Waals surface area contributed by atoms with Crippen LogP contribution in [-0.2, 0) is 9.47 Å². The molecule has 0 aliphatic heterocycles. The van der Waals surface area contributed by atoms with Crippen LogP contribution in [0.25, 0.3) is 0 Å². The summed E-state index contributed by atoms with van der Waals surface area (Å²) in [6.07, 6.45) is 1.11. The van der Waals surface area contributed by atoms with E-state index in [-0.39, 0.29) is 5.60 Å². The first-order valence-electron chi connectivity index (χ1n) is 7.56. The van der Waals surface area contributed by atoms with Crippen LogP contribution in [0.2, 0.25) is 0 Å². The van der Waals surface area contributed by atoms with Crippen molar-refractivity contribution in [2.75, 3.05) is 40.0 Å². The Morgan fingerprint density at radius 2 is 1.90 bits per heavy atom. The van der Waals surface area contributed by atoms with Crippen molar-refractivity contribution in [2.45, 2.75) is 46.6 Å². The predicted molar refractivity (Wildman–Crippen MR) is 85.3 cm³/mol. The molecule has 20 heavy (non-hydrogen) atoms.